The lowest BCUT2D eigenvalue weighted by atomic mass is 9.98. The first-order valence-electron chi connectivity index (χ1n) is 9.32. The molecule has 1 fully saturated rings. The van der Waals surface area contributed by atoms with E-state index in [1.54, 1.807) is 14.2 Å². The average molecular weight is 349 g/mol. The number of carbonyl (C=O) groups is 1. The van der Waals surface area contributed by atoms with Gasteiger partial charge in [-0.3, -0.25) is 4.79 Å². The summed E-state index contributed by atoms with van der Waals surface area (Å²) in [5.41, 5.74) is 1.06. The number of rotatable bonds is 10. The molecule has 25 heavy (non-hydrogen) atoms. The van der Waals surface area contributed by atoms with Crippen LogP contribution in [0.5, 0.6) is 11.5 Å². The van der Waals surface area contributed by atoms with Crippen LogP contribution in [0.2, 0.25) is 0 Å². The number of hydrogen-bond donors (Lipinski definition) is 1. The van der Waals surface area contributed by atoms with Crippen molar-refractivity contribution in [2.75, 3.05) is 27.4 Å². The minimum absolute atomic E-state index is 0.0763. The van der Waals surface area contributed by atoms with Crippen molar-refractivity contribution in [1.29, 1.82) is 0 Å². The van der Waals surface area contributed by atoms with Gasteiger partial charge in [0.2, 0.25) is 5.91 Å². The Hall–Kier alpha value is -1.75. The predicted octanol–water partition coefficient (Wildman–Crippen LogP) is 3.49. The van der Waals surface area contributed by atoms with Gasteiger partial charge in [0, 0.05) is 19.6 Å². The van der Waals surface area contributed by atoms with Crippen LogP contribution in [0.25, 0.3) is 0 Å². The Morgan fingerprint density at radius 1 is 1.12 bits per heavy atom. The molecule has 5 heteroatoms. The van der Waals surface area contributed by atoms with Gasteiger partial charge < -0.3 is 19.5 Å². The molecule has 0 atom stereocenters. The van der Waals surface area contributed by atoms with Crippen LogP contribution in [0, 0.1) is 0 Å². The molecule has 1 aliphatic carbocycles. The number of carbonyl (C=O) groups excluding carboxylic acids is 1. The summed E-state index contributed by atoms with van der Waals surface area (Å²) in [6.07, 6.45) is 8.78. The monoisotopic (exact) mass is 349 g/mol. The summed E-state index contributed by atoms with van der Waals surface area (Å²) in [7, 11) is 3.23. The van der Waals surface area contributed by atoms with Gasteiger partial charge in [0.05, 0.1) is 20.3 Å². The molecule has 1 saturated carbocycles. The molecule has 1 N–H and O–H groups in total. The van der Waals surface area contributed by atoms with E-state index in [0.717, 1.165) is 18.6 Å². The molecule has 1 aromatic carbocycles. The third-order valence-corrected chi connectivity index (χ3v) is 4.64. The van der Waals surface area contributed by atoms with Gasteiger partial charge in [0.15, 0.2) is 11.5 Å². The number of nitrogens with one attached hydrogen (secondary N) is 1. The molecule has 0 heterocycles. The number of methoxy groups -OCH3 is 2. The molecule has 1 aliphatic rings. The maximum absolute atomic E-state index is 12.0. The van der Waals surface area contributed by atoms with Crippen molar-refractivity contribution in [3.63, 3.8) is 0 Å². The minimum atomic E-state index is 0.0763. The second kappa shape index (κ2) is 11.0. The maximum Gasteiger partial charge on any atom is 0.220 e. The van der Waals surface area contributed by atoms with Crippen molar-refractivity contribution in [3.8, 4) is 11.5 Å². The largest absolute Gasteiger partial charge is 0.493 e. The van der Waals surface area contributed by atoms with E-state index < -0.39 is 0 Å². The molecule has 0 spiro atoms. The van der Waals surface area contributed by atoms with Gasteiger partial charge in [-0.1, -0.05) is 25.3 Å². The van der Waals surface area contributed by atoms with E-state index in [4.69, 9.17) is 14.2 Å². The molecule has 0 aliphatic heterocycles. The van der Waals surface area contributed by atoms with Crippen LogP contribution in [-0.2, 0) is 16.0 Å². The topological polar surface area (TPSA) is 56.8 Å². The lowest BCUT2D eigenvalue weighted by Gasteiger charge is -2.21. The van der Waals surface area contributed by atoms with Gasteiger partial charge >= 0.3 is 0 Å². The molecule has 0 bridgehead atoms. The van der Waals surface area contributed by atoms with Crippen molar-refractivity contribution in [2.45, 2.75) is 57.5 Å². The van der Waals surface area contributed by atoms with E-state index in [-0.39, 0.29) is 5.91 Å². The highest BCUT2D eigenvalue weighted by molar-refractivity contribution is 5.76. The number of benzene rings is 1. The Morgan fingerprint density at radius 2 is 1.88 bits per heavy atom. The van der Waals surface area contributed by atoms with Crippen LogP contribution in [0.15, 0.2) is 18.2 Å². The van der Waals surface area contributed by atoms with Crippen LogP contribution >= 0.6 is 0 Å². The van der Waals surface area contributed by atoms with Crippen molar-refractivity contribution >= 4 is 5.91 Å². The van der Waals surface area contributed by atoms with Crippen molar-refractivity contribution in [1.82, 2.24) is 5.32 Å². The maximum atomic E-state index is 12.0. The number of aryl methyl sites for hydroxylation is 1. The van der Waals surface area contributed by atoms with E-state index in [1.807, 2.05) is 18.2 Å². The Labute approximate surface area is 151 Å². The van der Waals surface area contributed by atoms with Gasteiger partial charge in [0.1, 0.15) is 0 Å². The summed E-state index contributed by atoms with van der Waals surface area (Å²) in [4.78, 5) is 12.0. The van der Waals surface area contributed by atoms with Gasteiger partial charge in [-0.15, -0.1) is 0 Å². The fraction of sp³-hybridized carbons (Fsp3) is 0.650. The smallest absolute Gasteiger partial charge is 0.220 e. The van der Waals surface area contributed by atoms with Crippen molar-refractivity contribution in [3.05, 3.63) is 23.8 Å². The van der Waals surface area contributed by atoms with Gasteiger partial charge in [-0.25, -0.2) is 0 Å². The SMILES string of the molecule is COc1ccc(CCC(=O)NCCCOC2CCCCC2)cc1OC. The highest BCUT2D eigenvalue weighted by Gasteiger charge is 2.13. The van der Waals surface area contributed by atoms with Crippen LogP contribution in [0.3, 0.4) is 0 Å². The van der Waals surface area contributed by atoms with Crippen LogP contribution in [0.4, 0.5) is 0 Å². The molecule has 0 saturated heterocycles. The molecule has 0 radical (unpaired) electrons. The highest BCUT2D eigenvalue weighted by atomic mass is 16.5. The average Bonchev–Trinajstić information content (AvgIpc) is 2.66. The number of hydrogen-bond acceptors (Lipinski definition) is 4. The predicted molar refractivity (Wildman–Crippen MR) is 98.3 cm³/mol. The fourth-order valence-corrected chi connectivity index (χ4v) is 3.16. The quantitative estimate of drug-likeness (QED) is 0.657. The van der Waals surface area contributed by atoms with E-state index in [1.165, 1.54) is 32.1 Å². The van der Waals surface area contributed by atoms with E-state index in [0.29, 0.717) is 37.0 Å². The Morgan fingerprint density at radius 3 is 2.60 bits per heavy atom. The lowest BCUT2D eigenvalue weighted by Crippen LogP contribution is -2.26. The molecule has 0 unspecified atom stereocenters. The molecule has 1 amide bonds. The fourth-order valence-electron chi connectivity index (χ4n) is 3.16. The molecule has 2 rings (SSSR count). The standard InChI is InChI=1S/C20H31NO4/c1-23-18-11-9-16(15-19(18)24-2)10-12-20(22)21-13-6-14-25-17-7-4-3-5-8-17/h9,11,15,17H,3-8,10,12-14H2,1-2H3,(H,21,22). The van der Waals surface area contributed by atoms with Crippen LogP contribution in [-0.4, -0.2) is 39.4 Å². The van der Waals surface area contributed by atoms with Crippen molar-refractivity contribution in [2.24, 2.45) is 0 Å². The number of amides is 1. The molecular weight excluding hydrogens is 318 g/mol. The second-order valence-corrected chi connectivity index (χ2v) is 6.52. The number of ether oxygens (including phenoxy) is 3. The lowest BCUT2D eigenvalue weighted by molar-refractivity contribution is -0.121. The van der Waals surface area contributed by atoms with Crippen LogP contribution in [0.1, 0.15) is 50.5 Å². The first kappa shape index (κ1) is 19.6. The third-order valence-electron chi connectivity index (χ3n) is 4.64. The zero-order chi connectivity index (χ0) is 17.9. The molecule has 140 valence electrons. The van der Waals surface area contributed by atoms with Crippen LogP contribution < -0.4 is 14.8 Å². The first-order chi connectivity index (χ1) is 12.2. The highest BCUT2D eigenvalue weighted by Crippen LogP contribution is 2.27. The van der Waals surface area contributed by atoms with Crippen molar-refractivity contribution < 1.29 is 19.0 Å². The first-order valence-corrected chi connectivity index (χ1v) is 9.32. The summed E-state index contributed by atoms with van der Waals surface area (Å²) >= 11 is 0. The van der Waals surface area contributed by atoms with Gasteiger partial charge in [-0.2, -0.15) is 0 Å². The molecule has 5 nitrogen and oxygen atoms in total. The zero-order valence-corrected chi connectivity index (χ0v) is 15.5. The Bertz CT molecular complexity index is 526. The van der Waals surface area contributed by atoms with E-state index in [9.17, 15) is 4.79 Å². The van der Waals surface area contributed by atoms with Gasteiger partial charge in [0.25, 0.3) is 0 Å². The second-order valence-electron chi connectivity index (χ2n) is 6.52. The third kappa shape index (κ3) is 6.94. The summed E-state index contributed by atoms with van der Waals surface area (Å²) < 4.78 is 16.4. The minimum Gasteiger partial charge on any atom is -0.493 e. The summed E-state index contributed by atoms with van der Waals surface area (Å²) in [6.45, 7) is 1.41. The molecule has 0 aromatic heterocycles. The zero-order valence-electron chi connectivity index (χ0n) is 15.5. The molecule has 1 aromatic rings. The summed E-state index contributed by atoms with van der Waals surface area (Å²) in [5.74, 6) is 1.47. The normalized spacial score (nSPS) is 15.0. The Balaban J connectivity index is 1.59. The summed E-state index contributed by atoms with van der Waals surface area (Å²) in [6, 6.07) is 5.76. The summed E-state index contributed by atoms with van der Waals surface area (Å²) in [5, 5.41) is 2.97. The van der Waals surface area contributed by atoms with Gasteiger partial charge in [-0.05, 0) is 43.4 Å². The van der Waals surface area contributed by atoms with E-state index in [2.05, 4.69) is 5.32 Å². The Kier molecular flexibility index (Phi) is 8.60. The molecular formula is C20H31NO4. The van der Waals surface area contributed by atoms with E-state index >= 15 is 0 Å².